The molecule has 0 aliphatic rings. The molecule has 0 saturated carbocycles. The van der Waals surface area contributed by atoms with Crippen LogP contribution in [0.4, 0.5) is 10.1 Å². The lowest BCUT2D eigenvalue weighted by atomic mass is 10.1. The van der Waals surface area contributed by atoms with Crippen LogP contribution in [0.25, 0.3) is 0 Å². The van der Waals surface area contributed by atoms with Crippen molar-refractivity contribution in [3.05, 3.63) is 39.7 Å². The smallest absolute Gasteiger partial charge is 0.272 e. The Kier molecular flexibility index (Phi) is 5.51. The number of hydrogen-bond acceptors (Lipinski definition) is 4. The van der Waals surface area contributed by atoms with Crippen molar-refractivity contribution in [2.24, 2.45) is 0 Å². The number of hydrogen-bond donors (Lipinski definition) is 1. The fourth-order valence-electron chi connectivity index (χ4n) is 1.42. The molecule has 1 rings (SSSR count). The van der Waals surface area contributed by atoms with Crippen LogP contribution < -0.4 is 5.32 Å². The van der Waals surface area contributed by atoms with Crippen LogP contribution in [-0.4, -0.2) is 31.7 Å². The first kappa shape index (κ1) is 13.5. The van der Waals surface area contributed by atoms with Gasteiger partial charge in [0.05, 0.1) is 17.6 Å². The largest absolute Gasteiger partial charge is 0.383 e. The maximum Gasteiger partial charge on any atom is 0.272 e. The summed E-state index contributed by atoms with van der Waals surface area (Å²) in [4.78, 5) is 9.93. The molecule has 1 aromatic rings. The van der Waals surface area contributed by atoms with E-state index in [1.165, 1.54) is 12.1 Å². The second kappa shape index (κ2) is 6.93. The van der Waals surface area contributed by atoms with Crippen LogP contribution in [-0.2, 0) is 11.2 Å². The van der Waals surface area contributed by atoms with Crippen LogP contribution >= 0.6 is 0 Å². The molecule has 0 fully saturated rings. The zero-order chi connectivity index (χ0) is 12.7. The molecule has 0 unspecified atom stereocenters. The number of nitrogens with zero attached hydrogens (tertiary/aromatic N) is 1. The van der Waals surface area contributed by atoms with Crippen molar-refractivity contribution in [3.63, 3.8) is 0 Å². The second-order valence-electron chi connectivity index (χ2n) is 3.57. The monoisotopic (exact) mass is 242 g/mol. The van der Waals surface area contributed by atoms with E-state index in [1.807, 2.05) is 0 Å². The number of halogens is 1. The molecule has 94 valence electrons. The van der Waals surface area contributed by atoms with Crippen LogP contribution in [0.1, 0.15) is 5.56 Å². The molecular formula is C11H15FN2O3. The van der Waals surface area contributed by atoms with Gasteiger partial charge in [-0.2, -0.15) is 0 Å². The van der Waals surface area contributed by atoms with Crippen molar-refractivity contribution in [1.29, 1.82) is 0 Å². The van der Waals surface area contributed by atoms with Gasteiger partial charge in [-0.25, -0.2) is 4.39 Å². The average Bonchev–Trinajstić information content (AvgIpc) is 2.28. The Morgan fingerprint density at radius 2 is 2.18 bits per heavy atom. The summed E-state index contributed by atoms with van der Waals surface area (Å²) in [6.07, 6.45) is 0.544. The Hall–Kier alpha value is -1.53. The number of benzene rings is 1. The zero-order valence-corrected chi connectivity index (χ0v) is 9.61. The molecule has 0 bridgehead atoms. The van der Waals surface area contributed by atoms with Crippen LogP contribution in [0.3, 0.4) is 0 Å². The fourth-order valence-corrected chi connectivity index (χ4v) is 1.42. The summed E-state index contributed by atoms with van der Waals surface area (Å²) in [6.45, 7) is 1.93. The summed E-state index contributed by atoms with van der Waals surface area (Å²) in [5.74, 6) is -0.578. The maximum absolute atomic E-state index is 13.1. The highest BCUT2D eigenvalue weighted by Crippen LogP contribution is 2.16. The van der Waals surface area contributed by atoms with Crippen molar-refractivity contribution in [3.8, 4) is 0 Å². The van der Waals surface area contributed by atoms with Gasteiger partial charge < -0.3 is 10.1 Å². The molecular weight excluding hydrogens is 227 g/mol. The van der Waals surface area contributed by atoms with Crippen LogP contribution in [0.15, 0.2) is 18.2 Å². The molecule has 6 heteroatoms. The lowest BCUT2D eigenvalue weighted by Crippen LogP contribution is -2.21. The number of rotatable bonds is 7. The Morgan fingerprint density at radius 3 is 2.82 bits per heavy atom. The minimum absolute atomic E-state index is 0.211. The number of nitro groups is 1. The number of methoxy groups -OCH3 is 1. The van der Waals surface area contributed by atoms with Crippen molar-refractivity contribution in [2.75, 3.05) is 26.8 Å². The van der Waals surface area contributed by atoms with Crippen molar-refractivity contribution in [2.45, 2.75) is 6.42 Å². The van der Waals surface area contributed by atoms with E-state index in [-0.39, 0.29) is 5.69 Å². The quantitative estimate of drug-likeness (QED) is 0.447. The summed E-state index contributed by atoms with van der Waals surface area (Å²) < 4.78 is 17.9. The molecule has 0 amide bonds. The number of nitro benzene ring substituents is 1. The summed E-state index contributed by atoms with van der Waals surface area (Å²) >= 11 is 0. The first-order valence-electron chi connectivity index (χ1n) is 5.27. The summed E-state index contributed by atoms with van der Waals surface area (Å²) in [6, 6.07) is 3.62. The highest BCUT2D eigenvalue weighted by Gasteiger charge is 2.09. The van der Waals surface area contributed by atoms with E-state index in [4.69, 9.17) is 4.74 Å². The fraction of sp³-hybridized carbons (Fsp3) is 0.455. The molecule has 1 N–H and O–H groups in total. The van der Waals surface area contributed by atoms with Crippen molar-refractivity contribution in [1.82, 2.24) is 5.32 Å². The highest BCUT2D eigenvalue weighted by atomic mass is 19.1. The van der Waals surface area contributed by atoms with Gasteiger partial charge in [0.1, 0.15) is 5.82 Å². The van der Waals surface area contributed by atoms with Gasteiger partial charge in [0.2, 0.25) is 0 Å². The first-order valence-corrected chi connectivity index (χ1v) is 5.27. The number of non-ortho nitro benzene ring substituents is 1. The summed E-state index contributed by atoms with van der Waals surface area (Å²) in [7, 11) is 1.61. The molecule has 0 heterocycles. The molecule has 0 aromatic heterocycles. The van der Waals surface area contributed by atoms with E-state index in [2.05, 4.69) is 5.32 Å². The van der Waals surface area contributed by atoms with E-state index in [0.717, 1.165) is 6.07 Å². The number of nitrogens with one attached hydrogen (secondary N) is 1. The van der Waals surface area contributed by atoms with Gasteiger partial charge in [0, 0.05) is 19.7 Å². The number of ether oxygens (including phenoxy) is 1. The molecule has 17 heavy (non-hydrogen) atoms. The zero-order valence-electron chi connectivity index (χ0n) is 9.61. The molecule has 0 atom stereocenters. The molecule has 0 saturated heterocycles. The topological polar surface area (TPSA) is 64.4 Å². The van der Waals surface area contributed by atoms with E-state index < -0.39 is 10.7 Å². The van der Waals surface area contributed by atoms with Crippen molar-refractivity contribution >= 4 is 5.69 Å². The van der Waals surface area contributed by atoms with Gasteiger partial charge in [0.25, 0.3) is 5.69 Å². The van der Waals surface area contributed by atoms with Gasteiger partial charge in [-0.1, -0.05) is 0 Å². The maximum atomic E-state index is 13.1. The lowest BCUT2D eigenvalue weighted by Gasteiger charge is -2.04. The minimum Gasteiger partial charge on any atom is -0.383 e. The first-order chi connectivity index (χ1) is 8.13. The Bertz CT molecular complexity index is 385. The van der Waals surface area contributed by atoms with E-state index in [0.29, 0.717) is 31.7 Å². The molecule has 1 aromatic carbocycles. The Labute approximate surface area is 98.7 Å². The van der Waals surface area contributed by atoms with Gasteiger partial charge in [-0.05, 0) is 24.6 Å². The van der Waals surface area contributed by atoms with Crippen LogP contribution in [0.5, 0.6) is 0 Å². The predicted molar refractivity (Wildman–Crippen MR) is 61.5 cm³/mol. The summed E-state index contributed by atoms with van der Waals surface area (Å²) in [5.41, 5.74) is 0.401. The van der Waals surface area contributed by atoms with Crippen molar-refractivity contribution < 1.29 is 14.1 Å². The van der Waals surface area contributed by atoms with E-state index in [9.17, 15) is 14.5 Å². The molecule has 0 aliphatic heterocycles. The van der Waals surface area contributed by atoms with E-state index >= 15 is 0 Å². The molecule has 0 spiro atoms. The van der Waals surface area contributed by atoms with Gasteiger partial charge in [-0.3, -0.25) is 10.1 Å². The SMILES string of the molecule is COCCNCCc1cc(F)cc([N+](=O)[O-])c1. The third-order valence-electron chi connectivity index (χ3n) is 2.23. The van der Waals surface area contributed by atoms with Crippen LogP contribution in [0, 0.1) is 15.9 Å². The molecule has 5 nitrogen and oxygen atoms in total. The minimum atomic E-state index is -0.592. The predicted octanol–water partition coefficient (Wildman–Crippen LogP) is 1.51. The second-order valence-corrected chi connectivity index (χ2v) is 3.57. The summed E-state index contributed by atoms with van der Waals surface area (Å²) in [5, 5.41) is 13.6. The standard InChI is InChI=1S/C11H15FN2O3/c1-17-5-4-13-3-2-9-6-10(12)8-11(7-9)14(15)16/h6-8,13H,2-5H2,1H3. The normalized spacial score (nSPS) is 10.5. The Morgan fingerprint density at radius 1 is 1.41 bits per heavy atom. The van der Waals surface area contributed by atoms with Gasteiger partial charge in [-0.15, -0.1) is 0 Å². The average molecular weight is 242 g/mol. The van der Waals surface area contributed by atoms with E-state index in [1.54, 1.807) is 7.11 Å². The highest BCUT2D eigenvalue weighted by molar-refractivity contribution is 5.35. The molecule has 0 radical (unpaired) electrons. The van der Waals surface area contributed by atoms with Crippen LogP contribution in [0.2, 0.25) is 0 Å². The third kappa shape index (κ3) is 4.88. The Balaban J connectivity index is 2.50. The van der Waals surface area contributed by atoms with Gasteiger partial charge >= 0.3 is 0 Å². The van der Waals surface area contributed by atoms with Gasteiger partial charge in [0.15, 0.2) is 0 Å². The lowest BCUT2D eigenvalue weighted by molar-refractivity contribution is -0.385. The third-order valence-corrected chi connectivity index (χ3v) is 2.23. The molecule has 0 aliphatic carbocycles.